The van der Waals surface area contributed by atoms with E-state index >= 15 is 0 Å². The fourth-order valence-electron chi connectivity index (χ4n) is 4.58. The maximum absolute atomic E-state index is 13.2. The Labute approximate surface area is 216 Å². The molecule has 2 atom stereocenters. The number of amides is 1. The molecule has 4 aromatic rings. The number of nitrogens with zero attached hydrogens (tertiary/aromatic N) is 5. The Morgan fingerprint density at radius 3 is 2.86 bits per heavy atom. The lowest BCUT2D eigenvalue weighted by molar-refractivity contribution is 0.0948. The lowest BCUT2D eigenvalue weighted by atomic mass is 10.0. The highest BCUT2D eigenvalue weighted by atomic mass is 32.2. The van der Waals surface area contributed by atoms with Crippen LogP contribution in [0.4, 0.5) is 5.69 Å². The van der Waals surface area contributed by atoms with Gasteiger partial charge in [-0.25, -0.2) is 18.7 Å². The molecule has 188 valence electrons. The third-order valence-corrected chi connectivity index (χ3v) is 7.66. The van der Waals surface area contributed by atoms with Gasteiger partial charge in [0.1, 0.15) is 16.7 Å². The van der Waals surface area contributed by atoms with Crippen molar-refractivity contribution >= 4 is 33.8 Å². The van der Waals surface area contributed by atoms with Crippen LogP contribution in [0, 0.1) is 0 Å². The van der Waals surface area contributed by atoms with E-state index in [9.17, 15) is 9.00 Å². The molecule has 0 aliphatic carbocycles. The highest BCUT2D eigenvalue weighted by Gasteiger charge is 2.19. The summed E-state index contributed by atoms with van der Waals surface area (Å²) in [4.78, 5) is 24.9. The summed E-state index contributed by atoms with van der Waals surface area (Å²) in [5, 5.41) is 7.47. The second kappa shape index (κ2) is 9.75. The largest absolute Gasteiger partial charge is 0.480 e. The van der Waals surface area contributed by atoms with Gasteiger partial charge in [0, 0.05) is 55.3 Å². The molecule has 7 rings (SSSR count). The first-order valence-electron chi connectivity index (χ1n) is 12.0. The zero-order valence-corrected chi connectivity index (χ0v) is 21.0. The number of nitrogens with one attached hydrogen (secondary N) is 2. The first kappa shape index (κ1) is 23.3. The molecule has 1 amide bonds. The van der Waals surface area contributed by atoms with Crippen LogP contribution in [0.1, 0.15) is 22.3 Å². The van der Waals surface area contributed by atoms with Gasteiger partial charge in [-0.1, -0.05) is 12.1 Å². The zero-order valence-electron chi connectivity index (χ0n) is 20.2. The van der Waals surface area contributed by atoms with E-state index in [-0.39, 0.29) is 5.91 Å². The molecule has 1 aromatic carbocycles. The summed E-state index contributed by atoms with van der Waals surface area (Å²) in [5.74, 6) is 0.103. The molecule has 0 fully saturated rings. The minimum Gasteiger partial charge on any atom is -0.480 e. The second-order valence-electron chi connectivity index (χ2n) is 8.85. The quantitative estimate of drug-likeness (QED) is 0.401. The van der Waals surface area contributed by atoms with E-state index in [1.54, 1.807) is 35.0 Å². The van der Waals surface area contributed by atoms with E-state index in [0.29, 0.717) is 34.3 Å². The number of carbonyl (C=O) groups is 1. The molecule has 3 aromatic heterocycles. The molecule has 11 heteroatoms. The van der Waals surface area contributed by atoms with Crippen LogP contribution < -0.4 is 14.8 Å². The summed E-state index contributed by atoms with van der Waals surface area (Å²) in [7, 11) is -0.152. The lowest BCUT2D eigenvalue weighted by Gasteiger charge is -2.26. The number of pyridine rings is 1. The molecular formula is C26H25N7O3S. The van der Waals surface area contributed by atoms with Crippen molar-refractivity contribution < 1.29 is 13.7 Å². The Bertz CT molecular complexity index is 1570. The monoisotopic (exact) mass is 515 g/mol. The third-order valence-electron chi connectivity index (χ3n) is 6.58. The first-order chi connectivity index (χ1) is 18.1. The number of methoxy groups -OCH3 is 1. The molecule has 0 saturated carbocycles. The topological polar surface area (TPSA) is 114 Å². The molecule has 10 nitrogen and oxygen atoms in total. The highest BCUT2D eigenvalue weighted by Crippen LogP contribution is 2.31. The summed E-state index contributed by atoms with van der Waals surface area (Å²) in [6.07, 6.45) is 8.50. The van der Waals surface area contributed by atoms with Crippen molar-refractivity contribution in [3.05, 3.63) is 72.2 Å². The van der Waals surface area contributed by atoms with Crippen molar-refractivity contribution in [1.29, 1.82) is 0 Å². The maximum Gasteiger partial charge on any atom is 0.251 e. The second-order valence-corrected chi connectivity index (χ2v) is 10.1. The van der Waals surface area contributed by atoms with Crippen molar-refractivity contribution in [3.63, 3.8) is 0 Å². The number of hydrogen-bond donors (Lipinski definition) is 2. The molecule has 3 aliphatic heterocycles. The van der Waals surface area contributed by atoms with Gasteiger partial charge in [0.2, 0.25) is 5.88 Å². The SMILES string of the molecule is COc1ncc2cc1NS(=O)c1cccc(c1)C(=O)NCCN1CC=C(CC1)c1cnn3ccc-2nc13. The van der Waals surface area contributed by atoms with Crippen LogP contribution in [-0.2, 0) is 11.0 Å². The van der Waals surface area contributed by atoms with Crippen molar-refractivity contribution in [2.75, 3.05) is 38.0 Å². The normalized spacial score (nSPS) is 19.7. The Morgan fingerprint density at radius 1 is 1.11 bits per heavy atom. The molecule has 0 saturated heterocycles. The lowest BCUT2D eigenvalue weighted by Crippen LogP contribution is -2.37. The van der Waals surface area contributed by atoms with Crippen molar-refractivity contribution in [1.82, 2.24) is 29.8 Å². The standard InChI is InChI=1S/C26H25N7O3S/c1-36-26-23-14-19(15-28-26)22-7-11-33-24(30-22)21(16-29-33)17-5-9-32(10-6-17)12-8-27-25(34)18-3-2-4-20(13-18)37(35)31-23/h2-5,7,11,13-16,31H,6,8-10,12H2,1H3,(H,27,34). The first-order valence-corrected chi connectivity index (χ1v) is 13.1. The molecule has 37 heavy (non-hydrogen) atoms. The molecule has 3 aliphatic rings. The van der Waals surface area contributed by atoms with E-state index < -0.39 is 11.0 Å². The molecule has 2 N–H and O–H groups in total. The van der Waals surface area contributed by atoms with Crippen molar-refractivity contribution in [3.8, 4) is 17.1 Å². The maximum atomic E-state index is 13.2. The van der Waals surface area contributed by atoms with E-state index in [1.807, 2.05) is 24.5 Å². The van der Waals surface area contributed by atoms with Crippen LogP contribution in [0.15, 0.2) is 66.0 Å². The Hall–Kier alpha value is -4.09. The number of hydrogen-bond acceptors (Lipinski definition) is 7. The van der Waals surface area contributed by atoms with Crippen LogP contribution in [0.3, 0.4) is 0 Å². The number of fused-ring (bicyclic) bond motifs is 6. The smallest absolute Gasteiger partial charge is 0.251 e. The zero-order chi connectivity index (χ0) is 25.4. The van der Waals surface area contributed by atoms with Crippen LogP contribution >= 0.6 is 0 Å². The average Bonchev–Trinajstić information content (AvgIpc) is 3.36. The molecular weight excluding hydrogens is 490 g/mol. The number of benzene rings is 1. The number of ether oxygens (including phenoxy) is 1. The van der Waals surface area contributed by atoms with E-state index in [4.69, 9.17) is 9.72 Å². The summed E-state index contributed by atoms with van der Waals surface area (Å²) in [6, 6.07) is 10.5. The van der Waals surface area contributed by atoms with Gasteiger partial charge < -0.3 is 10.1 Å². The fraction of sp³-hybridized carbons (Fsp3) is 0.231. The van der Waals surface area contributed by atoms with E-state index in [0.717, 1.165) is 42.8 Å². The number of aromatic nitrogens is 4. The fourth-order valence-corrected chi connectivity index (χ4v) is 5.48. The summed E-state index contributed by atoms with van der Waals surface area (Å²) < 4.78 is 23.4. The van der Waals surface area contributed by atoms with Gasteiger partial charge in [-0.15, -0.1) is 0 Å². The molecule has 8 bridgehead atoms. The van der Waals surface area contributed by atoms with Crippen LogP contribution in [0.5, 0.6) is 5.88 Å². The summed E-state index contributed by atoms with van der Waals surface area (Å²) in [6.45, 7) is 2.92. The molecule has 2 unspecified atom stereocenters. The van der Waals surface area contributed by atoms with Gasteiger partial charge in [-0.3, -0.25) is 14.4 Å². The predicted molar refractivity (Wildman–Crippen MR) is 141 cm³/mol. The number of anilines is 1. The minimum atomic E-state index is -1.66. The average molecular weight is 516 g/mol. The minimum absolute atomic E-state index is 0.199. The Balaban J connectivity index is 1.45. The molecule has 0 radical (unpaired) electrons. The van der Waals surface area contributed by atoms with E-state index in [1.165, 1.54) is 12.7 Å². The van der Waals surface area contributed by atoms with Gasteiger partial charge in [-0.05, 0) is 42.3 Å². The Morgan fingerprint density at radius 2 is 2.03 bits per heavy atom. The molecule has 6 heterocycles. The number of rotatable bonds is 1. The van der Waals surface area contributed by atoms with Crippen LogP contribution in [0.25, 0.3) is 22.5 Å². The summed E-state index contributed by atoms with van der Waals surface area (Å²) in [5.41, 5.74) is 5.33. The third kappa shape index (κ3) is 4.58. The van der Waals surface area contributed by atoms with Gasteiger partial charge in [-0.2, -0.15) is 5.10 Å². The van der Waals surface area contributed by atoms with Gasteiger partial charge >= 0.3 is 0 Å². The van der Waals surface area contributed by atoms with Gasteiger partial charge in [0.25, 0.3) is 5.91 Å². The van der Waals surface area contributed by atoms with E-state index in [2.05, 4.69) is 31.1 Å². The number of carbonyl (C=O) groups excluding carboxylic acids is 1. The summed E-state index contributed by atoms with van der Waals surface area (Å²) >= 11 is 0. The van der Waals surface area contributed by atoms with Gasteiger partial charge in [0.05, 0.1) is 23.9 Å². The van der Waals surface area contributed by atoms with Crippen LogP contribution in [-0.4, -0.2) is 67.9 Å². The molecule has 0 spiro atoms. The van der Waals surface area contributed by atoms with Crippen LogP contribution in [0.2, 0.25) is 0 Å². The highest BCUT2D eigenvalue weighted by molar-refractivity contribution is 7.86. The van der Waals surface area contributed by atoms with Crippen molar-refractivity contribution in [2.24, 2.45) is 0 Å². The van der Waals surface area contributed by atoms with Gasteiger partial charge in [0.15, 0.2) is 5.65 Å². The predicted octanol–water partition coefficient (Wildman–Crippen LogP) is 2.77. The Kier molecular flexibility index (Phi) is 6.15. The van der Waals surface area contributed by atoms with Crippen molar-refractivity contribution in [2.45, 2.75) is 11.3 Å².